The topological polar surface area (TPSA) is 55.6 Å². The smallest absolute Gasteiger partial charge is 0.387 e. The van der Waals surface area contributed by atoms with Gasteiger partial charge in [-0.25, -0.2) is 0 Å². The predicted octanol–water partition coefficient (Wildman–Crippen LogP) is 3.60. The normalized spacial score (nSPS) is 23.7. The van der Waals surface area contributed by atoms with Crippen molar-refractivity contribution < 1.29 is 18.4 Å². The van der Waals surface area contributed by atoms with Crippen LogP contribution in [0.5, 0.6) is 5.75 Å². The maximum atomic E-state index is 12.4. The first-order chi connectivity index (χ1) is 10.5. The zero-order valence-electron chi connectivity index (χ0n) is 11.8. The summed E-state index contributed by atoms with van der Waals surface area (Å²) in [7, 11) is 0. The third-order valence-corrected chi connectivity index (χ3v) is 4.34. The predicted molar refractivity (Wildman–Crippen MR) is 77.3 cm³/mol. The number of ether oxygens (including phenoxy) is 1. The molecule has 3 rings (SSSR count). The van der Waals surface area contributed by atoms with E-state index in [1.165, 1.54) is 12.1 Å². The summed E-state index contributed by atoms with van der Waals surface area (Å²) in [5, 5.41) is 10.9. The van der Waals surface area contributed by atoms with E-state index in [1.54, 1.807) is 6.07 Å². The highest BCUT2D eigenvalue weighted by Gasteiger charge is 2.33. The summed E-state index contributed by atoms with van der Waals surface area (Å²) in [5.41, 5.74) is 0.248. The van der Waals surface area contributed by atoms with E-state index in [0.29, 0.717) is 17.5 Å². The Kier molecular flexibility index (Phi) is 3.96. The van der Waals surface area contributed by atoms with Crippen LogP contribution in [-0.4, -0.2) is 24.6 Å². The summed E-state index contributed by atoms with van der Waals surface area (Å²) in [5.74, 6) is 0.727. The zero-order valence-corrected chi connectivity index (χ0v) is 11.8. The van der Waals surface area contributed by atoms with Gasteiger partial charge in [0.2, 0.25) is 5.75 Å². The van der Waals surface area contributed by atoms with Gasteiger partial charge in [0.25, 0.3) is 0 Å². The lowest BCUT2D eigenvalue weighted by Crippen LogP contribution is -2.20. The van der Waals surface area contributed by atoms with Crippen LogP contribution in [0.25, 0.3) is 0 Å². The lowest BCUT2D eigenvalue weighted by Gasteiger charge is -2.19. The van der Waals surface area contributed by atoms with Crippen molar-refractivity contribution in [3.63, 3.8) is 0 Å². The lowest BCUT2D eigenvalue weighted by molar-refractivity contribution is -0.386. The van der Waals surface area contributed by atoms with Crippen LogP contribution < -0.4 is 9.64 Å². The summed E-state index contributed by atoms with van der Waals surface area (Å²) in [6, 6.07) is 4.17. The van der Waals surface area contributed by atoms with Crippen molar-refractivity contribution in [1.82, 2.24) is 0 Å². The van der Waals surface area contributed by atoms with Gasteiger partial charge in [-0.15, -0.1) is 0 Å². The number of benzene rings is 1. The van der Waals surface area contributed by atoms with E-state index in [-0.39, 0.29) is 5.75 Å². The number of alkyl halides is 2. The molecule has 118 valence electrons. The quantitative estimate of drug-likeness (QED) is 0.484. The molecule has 0 N–H and O–H groups in total. The maximum Gasteiger partial charge on any atom is 0.387 e. The van der Waals surface area contributed by atoms with Crippen molar-refractivity contribution >= 4 is 11.4 Å². The van der Waals surface area contributed by atoms with E-state index in [9.17, 15) is 18.9 Å². The standard InChI is InChI=1S/C15H16F2N2O3/c16-15(17)22-14-7-12(5-6-13(14)19(20)21)18-8-10-3-1-2-4-11(10)9-18/h1-2,5-7,10-11,15H,3-4,8-9H2. The number of nitro groups is 1. The highest BCUT2D eigenvalue weighted by Crippen LogP contribution is 2.38. The number of nitro benzene ring substituents is 1. The molecule has 0 radical (unpaired) electrons. The van der Waals surface area contributed by atoms with Gasteiger partial charge >= 0.3 is 12.3 Å². The van der Waals surface area contributed by atoms with E-state index in [1.807, 2.05) is 0 Å². The molecule has 1 heterocycles. The van der Waals surface area contributed by atoms with Gasteiger partial charge in [0.05, 0.1) is 4.92 Å². The van der Waals surface area contributed by atoms with Gasteiger partial charge < -0.3 is 9.64 Å². The van der Waals surface area contributed by atoms with Crippen LogP contribution in [-0.2, 0) is 0 Å². The van der Waals surface area contributed by atoms with Crippen LogP contribution in [0.4, 0.5) is 20.2 Å². The number of rotatable bonds is 4. The molecule has 2 atom stereocenters. The van der Waals surface area contributed by atoms with Crippen LogP contribution in [0, 0.1) is 22.0 Å². The van der Waals surface area contributed by atoms with E-state index in [2.05, 4.69) is 21.8 Å². The maximum absolute atomic E-state index is 12.4. The first-order valence-electron chi connectivity index (χ1n) is 7.18. The fourth-order valence-electron chi connectivity index (χ4n) is 3.27. The fourth-order valence-corrected chi connectivity index (χ4v) is 3.27. The van der Waals surface area contributed by atoms with Gasteiger partial charge in [0, 0.05) is 30.9 Å². The first-order valence-corrected chi connectivity index (χ1v) is 7.18. The Labute approximate surface area is 126 Å². The second kappa shape index (κ2) is 5.90. The molecule has 5 nitrogen and oxygen atoms in total. The molecule has 0 saturated carbocycles. The summed E-state index contributed by atoms with van der Waals surface area (Å²) in [6.07, 6.45) is 6.39. The molecule has 0 aromatic heterocycles. The average Bonchev–Trinajstić information content (AvgIpc) is 2.90. The molecule has 1 aliphatic carbocycles. The van der Waals surface area contributed by atoms with E-state index < -0.39 is 17.2 Å². The number of hydrogen-bond acceptors (Lipinski definition) is 4. The van der Waals surface area contributed by atoms with Crippen LogP contribution in [0.1, 0.15) is 12.8 Å². The molecule has 7 heteroatoms. The van der Waals surface area contributed by atoms with Gasteiger partial charge in [-0.3, -0.25) is 10.1 Å². The number of anilines is 1. The zero-order chi connectivity index (χ0) is 15.7. The van der Waals surface area contributed by atoms with Gasteiger partial charge in [0.15, 0.2) is 0 Å². The Morgan fingerprint density at radius 3 is 2.41 bits per heavy atom. The second-order valence-electron chi connectivity index (χ2n) is 5.66. The number of hydrogen-bond donors (Lipinski definition) is 0. The second-order valence-corrected chi connectivity index (χ2v) is 5.66. The average molecular weight is 310 g/mol. The monoisotopic (exact) mass is 310 g/mol. The van der Waals surface area contributed by atoms with Gasteiger partial charge in [-0.1, -0.05) is 12.2 Å². The molecule has 1 aromatic carbocycles. The molecular formula is C15H16F2N2O3. The minimum Gasteiger partial charge on any atom is -0.427 e. The highest BCUT2D eigenvalue weighted by molar-refractivity contribution is 5.60. The Balaban J connectivity index is 1.84. The molecule has 0 amide bonds. The number of fused-ring (bicyclic) bond motifs is 1. The van der Waals surface area contributed by atoms with Crippen LogP contribution in [0.3, 0.4) is 0 Å². The third-order valence-electron chi connectivity index (χ3n) is 4.34. The summed E-state index contributed by atoms with van der Waals surface area (Å²) in [4.78, 5) is 12.3. The molecule has 2 unspecified atom stereocenters. The van der Waals surface area contributed by atoms with E-state index in [4.69, 9.17) is 0 Å². The molecule has 0 bridgehead atoms. The van der Waals surface area contributed by atoms with Crippen molar-refractivity contribution in [2.24, 2.45) is 11.8 Å². The third kappa shape index (κ3) is 2.88. The van der Waals surface area contributed by atoms with Crippen molar-refractivity contribution in [3.8, 4) is 5.75 Å². The molecule has 22 heavy (non-hydrogen) atoms. The molecule has 1 aromatic rings. The van der Waals surface area contributed by atoms with Crippen LogP contribution in [0.2, 0.25) is 0 Å². The highest BCUT2D eigenvalue weighted by atomic mass is 19.3. The van der Waals surface area contributed by atoms with Gasteiger partial charge in [0.1, 0.15) is 0 Å². The molecule has 1 fully saturated rings. The van der Waals surface area contributed by atoms with Crippen molar-refractivity contribution in [2.75, 3.05) is 18.0 Å². The van der Waals surface area contributed by atoms with Crippen molar-refractivity contribution in [2.45, 2.75) is 19.5 Å². The van der Waals surface area contributed by atoms with E-state index >= 15 is 0 Å². The van der Waals surface area contributed by atoms with Crippen molar-refractivity contribution in [3.05, 3.63) is 40.5 Å². The molecule has 1 aliphatic heterocycles. The first kappa shape index (κ1) is 14.7. The fraction of sp³-hybridized carbons (Fsp3) is 0.467. The minimum atomic E-state index is -3.08. The Morgan fingerprint density at radius 1 is 1.23 bits per heavy atom. The number of allylic oxidation sites excluding steroid dienone is 2. The Bertz CT molecular complexity index is 590. The Hall–Kier alpha value is -2.18. The van der Waals surface area contributed by atoms with Gasteiger partial charge in [-0.05, 0) is 30.7 Å². The molecule has 2 aliphatic rings. The van der Waals surface area contributed by atoms with Gasteiger partial charge in [-0.2, -0.15) is 8.78 Å². The summed E-state index contributed by atoms with van der Waals surface area (Å²) < 4.78 is 29.2. The molecule has 0 spiro atoms. The SMILES string of the molecule is O=[N+]([O-])c1ccc(N2CC3CC=CCC3C2)cc1OC(F)F. The molecular weight excluding hydrogens is 294 g/mol. The number of nitrogens with zero attached hydrogens (tertiary/aromatic N) is 2. The number of halogens is 2. The molecule has 1 saturated heterocycles. The largest absolute Gasteiger partial charge is 0.427 e. The summed E-state index contributed by atoms with van der Waals surface area (Å²) in [6.45, 7) is -1.42. The Morgan fingerprint density at radius 2 is 1.86 bits per heavy atom. The van der Waals surface area contributed by atoms with E-state index in [0.717, 1.165) is 25.9 Å². The van der Waals surface area contributed by atoms with Crippen molar-refractivity contribution in [1.29, 1.82) is 0 Å². The van der Waals surface area contributed by atoms with Crippen LogP contribution >= 0.6 is 0 Å². The minimum absolute atomic E-state index is 0.384. The lowest BCUT2D eigenvalue weighted by atomic mass is 9.86. The summed E-state index contributed by atoms with van der Waals surface area (Å²) >= 11 is 0. The van der Waals surface area contributed by atoms with Crippen LogP contribution in [0.15, 0.2) is 30.4 Å².